The summed E-state index contributed by atoms with van der Waals surface area (Å²) in [6.07, 6.45) is 0. The third kappa shape index (κ3) is 1.76. The van der Waals surface area contributed by atoms with E-state index in [1.165, 1.54) is 0 Å². The van der Waals surface area contributed by atoms with E-state index >= 15 is 0 Å². The lowest BCUT2D eigenvalue weighted by Gasteiger charge is -2.05. The highest BCUT2D eigenvalue weighted by Crippen LogP contribution is 2.18. The number of nitriles is 1. The summed E-state index contributed by atoms with van der Waals surface area (Å²) in [6.45, 7) is 4.48. The molecule has 0 heterocycles. The Hall–Kier alpha value is -1.49. The van der Waals surface area contributed by atoms with Gasteiger partial charge in [-0.1, -0.05) is 6.07 Å². The molecule has 1 aromatic carbocycles. The zero-order chi connectivity index (χ0) is 8.97. The highest BCUT2D eigenvalue weighted by Gasteiger charge is 2.01. The summed E-state index contributed by atoms with van der Waals surface area (Å²) in [5.41, 5.74) is 1.71. The van der Waals surface area contributed by atoms with Gasteiger partial charge in [-0.25, -0.2) is 0 Å². The van der Waals surface area contributed by atoms with E-state index in [0.29, 0.717) is 17.9 Å². The predicted octanol–water partition coefficient (Wildman–Crippen LogP) is 2.27. The summed E-state index contributed by atoms with van der Waals surface area (Å²) in [7, 11) is 0. The lowest BCUT2D eigenvalue weighted by molar-refractivity contribution is 0.339. The zero-order valence-corrected chi connectivity index (χ0v) is 7.29. The number of ether oxygens (including phenoxy) is 1. The van der Waals surface area contributed by atoms with E-state index in [-0.39, 0.29) is 0 Å². The molecule has 0 bridgehead atoms. The van der Waals surface area contributed by atoms with Crippen molar-refractivity contribution in [2.24, 2.45) is 0 Å². The van der Waals surface area contributed by atoms with Crippen molar-refractivity contribution in [3.05, 3.63) is 29.3 Å². The van der Waals surface area contributed by atoms with Gasteiger partial charge in [0, 0.05) is 0 Å². The second kappa shape index (κ2) is 3.77. The van der Waals surface area contributed by atoms with Crippen LogP contribution < -0.4 is 4.74 Å². The molecule has 0 unspecified atom stereocenters. The molecule has 0 amide bonds. The lowest BCUT2D eigenvalue weighted by Crippen LogP contribution is -1.94. The molecule has 1 rings (SSSR count). The SMILES string of the molecule is CCOc1cc(C)ccc1C#N. The number of nitrogens with zero attached hydrogens (tertiary/aromatic N) is 1. The Morgan fingerprint density at radius 3 is 2.83 bits per heavy atom. The van der Waals surface area contributed by atoms with E-state index in [4.69, 9.17) is 10.00 Å². The molecule has 12 heavy (non-hydrogen) atoms. The molecule has 0 fully saturated rings. The Morgan fingerprint density at radius 2 is 2.25 bits per heavy atom. The lowest BCUT2D eigenvalue weighted by atomic mass is 10.1. The molecule has 2 heteroatoms. The topological polar surface area (TPSA) is 33.0 Å². The van der Waals surface area contributed by atoms with E-state index < -0.39 is 0 Å². The number of rotatable bonds is 2. The van der Waals surface area contributed by atoms with E-state index in [1.54, 1.807) is 6.07 Å². The van der Waals surface area contributed by atoms with Crippen LogP contribution in [0, 0.1) is 18.3 Å². The first-order chi connectivity index (χ1) is 5.77. The van der Waals surface area contributed by atoms with Crippen LogP contribution in [0.4, 0.5) is 0 Å². The van der Waals surface area contributed by atoms with Crippen molar-refractivity contribution in [2.75, 3.05) is 6.61 Å². The first kappa shape index (κ1) is 8.61. The molecule has 0 aliphatic carbocycles. The van der Waals surface area contributed by atoms with Gasteiger partial charge >= 0.3 is 0 Å². The molecule has 0 saturated carbocycles. The molecule has 1 aromatic rings. The summed E-state index contributed by atoms with van der Waals surface area (Å²) in [4.78, 5) is 0. The first-order valence-electron chi connectivity index (χ1n) is 3.91. The van der Waals surface area contributed by atoms with Crippen LogP contribution in [0.1, 0.15) is 18.1 Å². The van der Waals surface area contributed by atoms with Crippen LogP contribution in [-0.4, -0.2) is 6.61 Å². The summed E-state index contributed by atoms with van der Waals surface area (Å²) >= 11 is 0. The second-order valence-electron chi connectivity index (χ2n) is 2.54. The van der Waals surface area contributed by atoms with Gasteiger partial charge in [-0.2, -0.15) is 5.26 Å². The van der Waals surface area contributed by atoms with Crippen molar-refractivity contribution in [1.82, 2.24) is 0 Å². The molecular weight excluding hydrogens is 150 g/mol. The van der Waals surface area contributed by atoms with Crippen molar-refractivity contribution in [3.63, 3.8) is 0 Å². The minimum absolute atomic E-state index is 0.595. The molecule has 2 nitrogen and oxygen atoms in total. The Balaban J connectivity index is 3.06. The molecule has 0 aromatic heterocycles. The molecule has 0 radical (unpaired) electrons. The van der Waals surface area contributed by atoms with Gasteiger partial charge < -0.3 is 4.74 Å². The Labute approximate surface area is 72.4 Å². The van der Waals surface area contributed by atoms with Crippen LogP contribution in [0.5, 0.6) is 5.75 Å². The summed E-state index contributed by atoms with van der Waals surface area (Å²) in [5, 5.41) is 8.71. The Kier molecular flexibility index (Phi) is 2.71. The van der Waals surface area contributed by atoms with Crippen molar-refractivity contribution in [3.8, 4) is 11.8 Å². The fourth-order valence-electron chi connectivity index (χ4n) is 0.997. The normalized spacial score (nSPS) is 9.08. The highest BCUT2D eigenvalue weighted by molar-refractivity contribution is 5.44. The molecule has 0 saturated heterocycles. The predicted molar refractivity (Wildman–Crippen MR) is 47.1 cm³/mol. The summed E-state index contributed by atoms with van der Waals surface area (Å²) < 4.78 is 5.29. The number of hydrogen-bond acceptors (Lipinski definition) is 2. The van der Waals surface area contributed by atoms with E-state index in [1.807, 2.05) is 26.0 Å². The number of hydrogen-bond donors (Lipinski definition) is 0. The smallest absolute Gasteiger partial charge is 0.137 e. The average Bonchev–Trinajstić information content (AvgIpc) is 2.05. The maximum Gasteiger partial charge on any atom is 0.137 e. The maximum atomic E-state index is 8.71. The summed E-state index contributed by atoms with van der Waals surface area (Å²) in [5.74, 6) is 0.681. The molecule has 0 aliphatic rings. The van der Waals surface area contributed by atoms with Crippen LogP contribution in [0.3, 0.4) is 0 Å². The van der Waals surface area contributed by atoms with Gasteiger partial charge in [0.2, 0.25) is 0 Å². The Morgan fingerprint density at radius 1 is 1.50 bits per heavy atom. The Bertz CT molecular complexity index is 312. The highest BCUT2D eigenvalue weighted by atomic mass is 16.5. The van der Waals surface area contributed by atoms with Crippen LogP contribution in [-0.2, 0) is 0 Å². The van der Waals surface area contributed by atoms with Crippen LogP contribution in [0.15, 0.2) is 18.2 Å². The van der Waals surface area contributed by atoms with Gasteiger partial charge in [-0.05, 0) is 31.5 Å². The fraction of sp³-hybridized carbons (Fsp3) is 0.300. The largest absolute Gasteiger partial charge is 0.492 e. The average molecular weight is 161 g/mol. The van der Waals surface area contributed by atoms with E-state index in [0.717, 1.165) is 5.56 Å². The van der Waals surface area contributed by atoms with Gasteiger partial charge in [0.15, 0.2) is 0 Å². The van der Waals surface area contributed by atoms with Gasteiger partial charge in [-0.15, -0.1) is 0 Å². The van der Waals surface area contributed by atoms with Gasteiger partial charge in [0.1, 0.15) is 11.8 Å². The minimum Gasteiger partial charge on any atom is -0.492 e. The molecule has 62 valence electrons. The third-order valence-corrected chi connectivity index (χ3v) is 1.56. The monoisotopic (exact) mass is 161 g/mol. The molecule has 0 spiro atoms. The third-order valence-electron chi connectivity index (χ3n) is 1.56. The molecule has 0 N–H and O–H groups in total. The van der Waals surface area contributed by atoms with Crippen molar-refractivity contribution < 1.29 is 4.74 Å². The fourth-order valence-corrected chi connectivity index (χ4v) is 0.997. The van der Waals surface area contributed by atoms with Crippen LogP contribution >= 0.6 is 0 Å². The van der Waals surface area contributed by atoms with Crippen LogP contribution in [0.25, 0.3) is 0 Å². The number of benzene rings is 1. The molecule has 0 atom stereocenters. The van der Waals surface area contributed by atoms with E-state index in [9.17, 15) is 0 Å². The number of aryl methyl sites for hydroxylation is 1. The summed E-state index contributed by atoms with van der Waals surface area (Å²) in [6, 6.07) is 7.64. The first-order valence-corrected chi connectivity index (χ1v) is 3.91. The van der Waals surface area contributed by atoms with Crippen LogP contribution in [0.2, 0.25) is 0 Å². The standard InChI is InChI=1S/C10H11NO/c1-3-12-10-6-8(2)4-5-9(10)7-11/h4-6H,3H2,1-2H3. The van der Waals surface area contributed by atoms with Gasteiger partial charge in [0.05, 0.1) is 12.2 Å². The minimum atomic E-state index is 0.595. The quantitative estimate of drug-likeness (QED) is 0.666. The van der Waals surface area contributed by atoms with Gasteiger partial charge in [-0.3, -0.25) is 0 Å². The zero-order valence-electron chi connectivity index (χ0n) is 7.29. The van der Waals surface area contributed by atoms with Crippen molar-refractivity contribution >= 4 is 0 Å². The molecular formula is C10H11NO. The van der Waals surface area contributed by atoms with E-state index in [2.05, 4.69) is 6.07 Å². The second-order valence-corrected chi connectivity index (χ2v) is 2.54. The van der Waals surface area contributed by atoms with Gasteiger partial charge in [0.25, 0.3) is 0 Å². The van der Waals surface area contributed by atoms with Crippen molar-refractivity contribution in [2.45, 2.75) is 13.8 Å². The maximum absolute atomic E-state index is 8.71. The molecule has 0 aliphatic heterocycles. The van der Waals surface area contributed by atoms with Crippen molar-refractivity contribution in [1.29, 1.82) is 5.26 Å².